The SMILES string of the molecule is Cc1ccccc1[C@H]1[C@@H]2CN(C(=O)c3c(C)cc(=O)oc3C)C[C@@H]2CN1C. The molecule has 142 valence electrons. The molecule has 0 N–H and O–H groups in total. The summed E-state index contributed by atoms with van der Waals surface area (Å²) >= 11 is 0. The van der Waals surface area contributed by atoms with Gasteiger partial charge in [-0.15, -0.1) is 0 Å². The highest BCUT2D eigenvalue weighted by molar-refractivity contribution is 5.96. The van der Waals surface area contributed by atoms with Crippen molar-refractivity contribution in [2.75, 3.05) is 26.7 Å². The predicted molar refractivity (Wildman–Crippen MR) is 104 cm³/mol. The first-order chi connectivity index (χ1) is 12.9. The molecule has 0 aliphatic carbocycles. The highest BCUT2D eigenvalue weighted by Gasteiger charge is 2.47. The maximum Gasteiger partial charge on any atom is 0.336 e. The molecule has 4 rings (SSSR count). The van der Waals surface area contributed by atoms with Crippen molar-refractivity contribution in [3.63, 3.8) is 0 Å². The highest BCUT2D eigenvalue weighted by Crippen LogP contribution is 2.45. The predicted octanol–water partition coefficient (Wildman–Crippen LogP) is 2.94. The summed E-state index contributed by atoms with van der Waals surface area (Å²) < 4.78 is 5.18. The Hall–Kier alpha value is -2.40. The van der Waals surface area contributed by atoms with Crippen LogP contribution in [0.1, 0.15) is 38.9 Å². The summed E-state index contributed by atoms with van der Waals surface area (Å²) in [5, 5.41) is 0. The van der Waals surface area contributed by atoms with E-state index in [1.165, 1.54) is 17.2 Å². The van der Waals surface area contributed by atoms with E-state index in [1.54, 1.807) is 13.8 Å². The van der Waals surface area contributed by atoms with Gasteiger partial charge in [0.15, 0.2) is 0 Å². The Bertz CT molecular complexity index is 923. The second-order valence-corrected chi connectivity index (χ2v) is 8.05. The summed E-state index contributed by atoms with van der Waals surface area (Å²) in [5.41, 5.74) is 3.49. The van der Waals surface area contributed by atoms with Gasteiger partial charge < -0.3 is 9.32 Å². The van der Waals surface area contributed by atoms with Crippen molar-refractivity contribution in [3.05, 3.63) is 68.8 Å². The minimum Gasteiger partial charge on any atom is -0.427 e. The Morgan fingerprint density at radius 3 is 2.52 bits per heavy atom. The number of fused-ring (bicyclic) bond motifs is 1. The molecule has 5 heteroatoms. The van der Waals surface area contributed by atoms with Crippen LogP contribution in [0.5, 0.6) is 0 Å². The van der Waals surface area contributed by atoms with Gasteiger partial charge in [0, 0.05) is 37.7 Å². The first-order valence-electron chi connectivity index (χ1n) is 9.53. The zero-order valence-corrected chi connectivity index (χ0v) is 16.4. The molecule has 1 amide bonds. The molecule has 1 aromatic carbocycles. The van der Waals surface area contributed by atoms with Crippen LogP contribution in [-0.4, -0.2) is 42.4 Å². The van der Waals surface area contributed by atoms with Gasteiger partial charge in [0.05, 0.1) is 5.56 Å². The van der Waals surface area contributed by atoms with Crippen molar-refractivity contribution < 1.29 is 9.21 Å². The van der Waals surface area contributed by atoms with Gasteiger partial charge in [0.25, 0.3) is 5.91 Å². The molecule has 0 bridgehead atoms. The van der Waals surface area contributed by atoms with Gasteiger partial charge in [-0.3, -0.25) is 9.69 Å². The van der Waals surface area contributed by atoms with Crippen molar-refractivity contribution in [1.82, 2.24) is 9.80 Å². The number of likely N-dealkylation sites (tertiary alicyclic amines) is 2. The molecule has 3 atom stereocenters. The molecule has 0 unspecified atom stereocenters. The van der Waals surface area contributed by atoms with Gasteiger partial charge in [0.2, 0.25) is 0 Å². The van der Waals surface area contributed by atoms with E-state index in [1.807, 2.05) is 4.90 Å². The van der Waals surface area contributed by atoms with E-state index in [0.29, 0.717) is 34.8 Å². The second-order valence-electron chi connectivity index (χ2n) is 8.05. The molecule has 2 aliphatic heterocycles. The molecule has 5 nitrogen and oxygen atoms in total. The number of amides is 1. The largest absolute Gasteiger partial charge is 0.427 e. The molecule has 0 radical (unpaired) electrons. The number of aryl methyl sites for hydroxylation is 3. The van der Waals surface area contributed by atoms with Gasteiger partial charge in [-0.25, -0.2) is 4.79 Å². The number of hydrogen-bond acceptors (Lipinski definition) is 4. The van der Waals surface area contributed by atoms with Crippen molar-refractivity contribution in [1.29, 1.82) is 0 Å². The van der Waals surface area contributed by atoms with E-state index < -0.39 is 5.63 Å². The van der Waals surface area contributed by atoms with Gasteiger partial charge in [-0.05, 0) is 50.4 Å². The molecule has 2 saturated heterocycles. The lowest BCUT2D eigenvalue weighted by Crippen LogP contribution is -2.34. The Balaban J connectivity index is 1.61. The number of carbonyl (C=O) groups is 1. The van der Waals surface area contributed by atoms with Crippen LogP contribution in [0.3, 0.4) is 0 Å². The fourth-order valence-corrected chi connectivity index (χ4v) is 5.05. The maximum atomic E-state index is 13.2. The van der Waals surface area contributed by atoms with Crippen LogP contribution < -0.4 is 5.63 Å². The molecule has 2 aromatic rings. The minimum absolute atomic E-state index is 0.0191. The molecule has 2 fully saturated rings. The monoisotopic (exact) mass is 366 g/mol. The zero-order valence-electron chi connectivity index (χ0n) is 16.4. The molecule has 1 aromatic heterocycles. The third-order valence-electron chi connectivity index (χ3n) is 6.24. The third-order valence-corrected chi connectivity index (χ3v) is 6.24. The van der Waals surface area contributed by atoms with Gasteiger partial charge in [0.1, 0.15) is 5.76 Å². The van der Waals surface area contributed by atoms with Gasteiger partial charge >= 0.3 is 5.63 Å². The summed E-state index contributed by atoms with van der Waals surface area (Å²) in [4.78, 5) is 29.1. The molecule has 0 saturated carbocycles. The van der Waals surface area contributed by atoms with Crippen LogP contribution in [-0.2, 0) is 0 Å². The summed E-state index contributed by atoms with van der Waals surface area (Å²) in [6.07, 6.45) is 0. The molecule has 2 aliphatic rings. The topological polar surface area (TPSA) is 53.8 Å². The Morgan fingerprint density at radius 1 is 1.07 bits per heavy atom. The van der Waals surface area contributed by atoms with E-state index in [9.17, 15) is 9.59 Å². The van der Waals surface area contributed by atoms with Crippen LogP contribution in [0.25, 0.3) is 0 Å². The fraction of sp³-hybridized carbons (Fsp3) is 0.455. The zero-order chi connectivity index (χ0) is 19.3. The number of nitrogens with zero attached hydrogens (tertiary/aromatic N) is 2. The van der Waals surface area contributed by atoms with Crippen LogP contribution in [0.15, 0.2) is 39.5 Å². The molecular weight excluding hydrogens is 340 g/mol. The van der Waals surface area contributed by atoms with Crippen LogP contribution in [0.2, 0.25) is 0 Å². The summed E-state index contributed by atoms with van der Waals surface area (Å²) in [7, 11) is 2.18. The first kappa shape index (κ1) is 18.0. The van der Waals surface area contributed by atoms with Crippen LogP contribution >= 0.6 is 0 Å². The Kier molecular flexibility index (Phi) is 4.42. The minimum atomic E-state index is -0.402. The Labute approximate surface area is 159 Å². The summed E-state index contributed by atoms with van der Waals surface area (Å²) in [5.74, 6) is 1.29. The van der Waals surface area contributed by atoms with Crippen molar-refractivity contribution in [3.8, 4) is 0 Å². The number of rotatable bonds is 2. The van der Waals surface area contributed by atoms with E-state index >= 15 is 0 Å². The lowest BCUT2D eigenvalue weighted by Gasteiger charge is -2.28. The number of hydrogen-bond donors (Lipinski definition) is 0. The van der Waals surface area contributed by atoms with Gasteiger partial charge in [-0.1, -0.05) is 24.3 Å². The standard InChI is InChI=1S/C22H26N2O3/c1-13-7-5-6-8-17(13)21-18-12-24(11-16(18)10-23(21)4)22(26)20-14(2)9-19(25)27-15(20)3/h5-9,16,18,21H,10-12H2,1-4H3/t16-,18+,21-/m0/s1. The number of carbonyl (C=O) groups excluding carboxylic acids is 1. The third kappa shape index (κ3) is 3.00. The lowest BCUT2D eigenvalue weighted by atomic mass is 9.88. The van der Waals surface area contributed by atoms with E-state index in [4.69, 9.17) is 4.42 Å². The van der Waals surface area contributed by atoms with Gasteiger partial charge in [-0.2, -0.15) is 0 Å². The first-order valence-corrected chi connectivity index (χ1v) is 9.53. The van der Waals surface area contributed by atoms with E-state index in [-0.39, 0.29) is 5.91 Å². The second kappa shape index (κ2) is 6.64. The van der Waals surface area contributed by atoms with E-state index in [0.717, 1.165) is 19.6 Å². The molecule has 27 heavy (non-hydrogen) atoms. The average molecular weight is 366 g/mol. The fourth-order valence-electron chi connectivity index (χ4n) is 5.05. The normalized spacial score (nSPS) is 25.0. The van der Waals surface area contributed by atoms with Crippen LogP contribution in [0.4, 0.5) is 0 Å². The molecule has 3 heterocycles. The quantitative estimate of drug-likeness (QED) is 0.820. The smallest absolute Gasteiger partial charge is 0.336 e. The Morgan fingerprint density at radius 2 is 1.81 bits per heavy atom. The van der Waals surface area contributed by atoms with Crippen LogP contribution in [0, 0.1) is 32.6 Å². The van der Waals surface area contributed by atoms with E-state index in [2.05, 4.69) is 43.1 Å². The van der Waals surface area contributed by atoms with Crippen molar-refractivity contribution in [2.24, 2.45) is 11.8 Å². The average Bonchev–Trinajstić information content (AvgIpc) is 3.11. The lowest BCUT2D eigenvalue weighted by molar-refractivity contribution is 0.0763. The number of benzene rings is 1. The maximum absolute atomic E-state index is 13.2. The summed E-state index contributed by atoms with van der Waals surface area (Å²) in [6.45, 7) is 8.15. The van der Waals surface area contributed by atoms with Crippen molar-refractivity contribution in [2.45, 2.75) is 26.8 Å². The summed E-state index contributed by atoms with van der Waals surface area (Å²) in [6, 6.07) is 10.3. The molecule has 0 spiro atoms. The molecular formula is C22H26N2O3. The van der Waals surface area contributed by atoms with Crippen molar-refractivity contribution >= 4 is 5.91 Å². The highest BCUT2D eigenvalue weighted by atomic mass is 16.4.